The first-order valence-corrected chi connectivity index (χ1v) is 8.90. The van der Waals surface area contributed by atoms with Crippen molar-refractivity contribution in [3.63, 3.8) is 0 Å². The van der Waals surface area contributed by atoms with E-state index in [0.717, 1.165) is 44.0 Å². The smallest absolute Gasteiger partial charge is 0.226 e. The van der Waals surface area contributed by atoms with E-state index in [1.54, 1.807) is 0 Å². The Labute approximate surface area is 136 Å². The van der Waals surface area contributed by atoms with Crippen LogP contribution in [0.2, 0.25) is 0 Å². The summed E-state index contributed by atoms with van der Waals surface area (Å²) >= 11 is 0. The van der Waals surface area contributed by atoms with E-state index in [0.29, 0.717) is 12.5 Å². The molecule has 2 rings (SSSR count). The first-order chi connectivity index (χ1) is 10.6. The monoisotopic (exact) mass is 304 g/mol. The maximum absolute atomic E-state index is 12.6. The van der Waals surface area contributed by atoms with E-state index in [1.165, 1.54) is 25.8 Å². The standard InChI is InChI=1S/C19H32N2O/c1-4-21(14-16(2)3)19(22)18-10-12-20(13-11-18)15-17-8-6-5-7-9-17/h5-6,17-18H,2,4,7-15H2,1,3H3/t17-/m1/s1. The van der Waals surface area contributed by atoms with Crippen LogP contribution in [0.15, 0.2) is 24.3 Å². The van der Waals surface area contributed by atoms with Gasteiger partial charge in [-0.05, 0) is 65.0 Å². The van der Waals surface area contributed by atoms with Crippen molar-refractivity contribution in [2.75, 3.05) is 32.7 Å². The summed E-state index contributed by atoms with van der Waals surface area (Å²) < 4.78 is 0. The molecule has 0 aromatic heterocycles. The second-order valence-electron chi connectivity index (χ2n) is 7.03. The van der Waals surface area contributed by atoms with Gasteiger partial charge in [-0.15, -0.1) is 0 Å². The van der Waals surface area contributed by atoms with Gasteiger partial charge < -0.3 is 9.80 Å². The lowest BCUT2D eigenvalue weighted by molar-refractivity contribution is -0.136. The van der Waals surface area contributed by atoms with Crippen molar-refractivity contribution >= 4 is 5.91 Å². The minimum absolute atomic E-state index is 0.224. The Hall–Kier alpha value is -1.09. The number of likely N-dealkylation sites (N-methyl/N-ethyl adjacent to an activating group) is 1. The molecule has 22 heavy (non-hydrogen) atoms. The number of hydrogen-bond acceptors (Lipinski definition) is 2. The molecule has 1 fully saturated rings. The summed E-state index contributed by atoms with van der Waals surface area (Å²) in [6, 6.07) is 0. The molecule has 1 aliphatic carbocycles. The van der Waals surface area contributed by atoms with E-state index >= 15 is 0 Å². The van der Waals surface area contributed by atoms with Gasteiger partial charge >= 0.3 is 0 Å². The SMILES string of the molecule is C=C(C)CN(CC)C(=O)C1CCN(C[C@@H]2CC=CCC2)CC1. The summed E-state index contributed by atoms with van der Waals surface area (Å²) in [7, 11) is 0. The summed E-state index contributed by atoms with van der Waals surface area (Å²) in [4.78, 5) is 17.2. The van der Waals surface area contributed by atoms with Crippen molar-refractivity contribution in [1.82, 2.24) is 9.80 Å². The van der Waals surface area contributed by atoms with Gasteiger partial charge in [0.1, 0.15) is 0 Å². The highest BCUT2D eigenvalue weighted by Gasteiger charge is 2.28. The zero-order valence-electron chi connectivity index (χ0n) is 14.4. The average Bonchev–Trinajstić information content (AvgIpc) is 2.53. The van der Waals surface area contributed by atoms with Gasteiger partial charge in [0, 0.05) is 25.6 Å². The minimum Gasteiger partial charge on any atom is -0.339 e. The van der Waals surface area contributed by atoms with Crippen molar-refractivity contribution in [2.45, 2.75) is 46.0 Å². The molecular formula is C19H32N2O. The molecule has 0 spiro atoms. The molecule has 1 aliphatic heterocycles. The van der Waals surface area contributed by atoms with Crippen LogP contribution < -0.4 is 0 Å². The van der Waals surface area contributed by atoms with Gasteiger partial charge in [0.15, 0.2) is 0 Å². The molecule has 0 N–H and O–H groups in total. The van der Waals surface area contributed by atoms with Crippen LogP contribution in [0.25, 0.3) is 0 Å². The van der Waals surface area contributed by atoms with Gasteiger partial charge in [0.05, 0.1) is 0 Å². The molecule has 124 valence electrons. The summed E-state index contributed by atoms with van der Waals surface area (Å²) in [6.45, 7) is 12.9. The van der Waals surface area contributed by atoms with Crippen LogP contribution in [0, 0.1) is 11.8 Å². The number of likely N-dealkylation sites (tertiary alicyclic amines) is 1. The van der Waals surface area contributed by atoms with Crippen LogP contribution in [-0.4, -0.2) is 48.4 Å². The number of allylic oxidation sites excluding steroid dienone is 2. The summed E-state index contributed by atoms with van der Waals surface area (Å²) in [5.74, 6) is 1.39. The molecule has 0 unspecified atom stereocenters. The van der Waals surface area contributed by atoms with Crippen molar-refractivity contribution < 1.29 is 4.79 Å². The first-order valence-electron chi connectivity index (χ1n) is 8.90. The second kappa shape index (κ2) is 8.52. The number of piperidine rings is 1. The van der Waals surface area contributed by atoms with Crippen LogP contribution in [0.3, 0.4) is 0 Å². The summed E-state index contributed by atoms with van der Waals surface area (Å²) in [6.07, 6.45) is 10.5. The Morgan fingerprint density at radius 2 is 2.00 bits per heavy atom. The molecule has 0 radical (unpaired) electrons. The highest BCUT2D eigenvalue weighted by Crippen LogP contribution is 2.24. The van der Waals surface area contributed by atoms with Crippen LogP contribution >= 0.6 is 0 Å². The van der Waals surface area contributed by atoms with Crippen LogP contribution in [0.4, 0.5) is 0 Å². The Balaban J connectivity index is 1.77. The third-order valence-electron chi connectivity index (χ3n) is 4.99. The van der Waals surface area contributed by atoms with Crippen LogP contribution in [0.1, 0.15) is 46.0 Å². The molecule has 1 atom stereocenters. The van der Waals surface area contributed by atoms with Crippen molar-refractivity contribution in [2.24, 2.45) is 11.8 Å². The summed E-state index contributed by atoms with van der Waals surface area (Å²) in [5.41, 5.74) is 1.07. The Kier molecular flexibility index (Phi) is 6.69. The van der Waals surface area contributed by atoms with E-state index in [9.17, 15) is 4.79 Å². The third kappa shape index (κ3) is 4.98. The molecule has 3 heteroatoms. The normalized spacial score (nSPS) is 23.5. The number of carbonyl (C=O) groups is 1. The Morgan fingerprint density at radius 1 is 1.27 bits per heavy atom. The molecular weight excluding hydrogens is 272 g/mol. The number of nitrogens with zero attached hydrogens (tertiary/aromatic N) is 2. The molecule has 0 bridgehead atoms. The van der Waals surface area contributed by atoms with Gasteiger partial charge in [-0.3, -0.25) is 4.79 Å². The van der Waals surface area contributed by atoms with Crippen LogP contribution in [-0.2, 0) is 4.79 Å². The lowest BCUT2D eigenvalue weighted by atomic mass is 9.91. The predicted octanol–water partition coefficient (Wildman–Crippen LogP) is 3.48. The number of rotatable bonds is 6. The van der Waals surface area contributed by atoms with Crippen molar-refractivity contribution in [3.8, 4) is 0 Å². The molecule has 0 aromatic rings. The van der Waals surface area contributed by atoms with Gasteiger partial charge in [-0.2, -0.15) is 0 Å². The van der Waals surface area contributed by atoms with E-state index in [-0.39, 0.29) is 5.92 Å². The lowest BCUT2D eigenvalue weighted by Gasteiger charge is -2.36. The van der Waals surface area contributed by atoms with E-state index in [4.69, 9.17) is 0 Å². The van der Waals surface area contributed by atoms with Gasteiger partial charge in [0.2, 0.25) is 5.91 Å². The van der Waals surface area contributed by atoms with Gasteiger partial charge in [0.25, 0.3) is 0 Å². The van der Waals surface area contributed by atoms with E-state index in [2.05, 4.69) is 30.6 Å². The summed E-state index contributed by atoms with van der Waals surface area (Å²) in [5, 5.41) is 0. The Morgan fingerprint density at radius 3 is 2.55 bits per heavy atom. The van der Waals surface area contributed by atoms with E-state index < -0.39 is 0 Å². The molecule has 3 nitrogen and oxygen atoms in total. The maximum Gasteiger partial charge on any atom is 0.226 e. The fourth-order valence-electron chi connectivity index (χ4n) is 3.68. The molecule has 0 aromatic carbocycles. The van der Waals surface area contributed by atoms with Crippen molar-refractivity contribution in [3.05, 3.63) is 24.3 Å². The number of carbonyl (C=O) groups excluding carboxylic acids is 1. The number of hydrogen-bond donors (Lipinski definition) is 0. The largest absolute Gasteiger partial charge is 0.339 e. The fourth-order valence-corrected chi connectivity index (χ4v) is 3.68. The third-order valence-corrected chi connectivity index (χ3v) is 4.99. The fraction of sp³-hybridized carbons (Fsp3) is 0.737. The van der Waals surface area contributed by atoms with Gasteiger partial charge in [-0.25, -0.2) is 0 Å². The van der Waals surface area contributed by atoms with Crippen molar-refractivity contribution in [1.29, 1.82) is 0 Å². The quantitative estimate of drug-likeness (QED) is 0.701. The average molecular weight is 304 g/mol. The topological polar surface area (TPSA) is 23.6 Å². The second-order valence-corrected chi connectivity index (χ2v) is 7.03. The Bertz CT molecular complexity index is 408. The lowest BCUT2D eigenvalue weighted by Crippen LogP contribution is -2.44. The molecule has 0 saturated carbocycles. The minimum atomic E-state index is 0.224. The van der Waals surface area contributed by atoms with E-state index in [1.807, 2.05) is 11.8 Å². The molecule has 2 aliphatic rings. The zero-order chi connectivity index (χ0) is 15.9. The predicted molar refractivity (Wildman–Crippen MR) is 92.7 cm³/mol. The van der Waals surface area contributed by atoms with Gasteiger partial charge in [-0.1, -0.05) is 24.3 Å². The number of amides is 1. The molecule has 1 heterocycles. The highest BCUT2D eigenvalue weighted by molar-refractivity contribution is 5.79. The molecule has 1 amide bonds. The first kappa shape index (κ1) is 17.3. The zero-order valence-corrected chi connectivity index (χ0v) is 14.4. The highest BCUT2D eigenvalue weighted by atomic mass is 16.2. The molecule has 1 saturated heterocycles. The maximum atomic E-state index is 12.6. The van der Waals surface area contributed by atoms with Crippen LogP contribution in [0.5, 0.6) is 0 Å².